The molecule has 18 heavy (non-hydrogen) atoms. The molecule has 3 heteroatoms. The molecule has 0 aliphatic heterocycles. The topological polar surface area (TPSA) is 38.7 Å². The highest BCUT2D eigenvalue weighted by Crippen LogP contribution is 2.30. The van der Waals surface area contributed by atoms with E-state index >= 15 is 0 Å². The van der Waals surface area contributed by atoms with E-state index in [9.17, 15) is 5.11 Å². The Bertz CT molecular complexity index is 389. The summed E-state index contributed by atoms with van der Waals surface area (Å²) in [5.41, 5.74) is 1.16. The minimum atomic E-state index is -0.131. The van der Waals surface area contributed by atoms with Crippen LogP contribution >= 0.6 is 0 Å². The Labute approximate surface area is 109 Å². The average molecular weight is 250 g/mol. The molecule has 1 N–H and O–H groups in total. The van der Waals surface area contributed by atoms with Gasteiger partial charge in [-0.2, -0.15) is 0 Å². The Morgan fingerprint density at radius 3 is 2.78 bits per heavy atom. The van der Waals surface area contributed by atoms with Gasteiger partial charge in [-0.1, -0.05) is 12.5 Å². The van der Waals surface area contributed by atoms with E-state index in [0.29, 0.717) is 12.5 Å². The van der Waals surface area contributed by atoms with Crippen LogP contribution in [-0.4, -0.2) is 24.9 Å². The first kappa shape index (κ1) is 13.2. The van der Waals surface area contributed by atoms with Crippen molar-refractivity contribution < 1.29 is 14.6 Å². The zero-order valence-electron chi connectivity index (χ0n) is 11.2. The van der Waals surface area contributed by atoms with Gasteiger partial charge in [0.1, 0.15) is 0 Å². The van der Waals surface area contributed by atoms with Crippen molar-refractivity contribution in [2.24, 2.45) is 5.92 Å². The number of aliphatic hydroxyl groups excluding tert-OH is 1. The van der Waals surface area contributed by atoms with Crippen LogP contribution in [0.25, 0.3) is 0 Å². The molecule has 2 unspecified atom stereocenters. The Hall–Kier alpha value is -1.22. The second kappa shape index (κ2) is 6.10. The van der Waals surface area contributed by atoms with Gasteiger partial charge in [-0.25, -0.2) is 0 Å². The first-order chi connectivity index (χ1) is 8.70. The van der Waals surface area contributed by atoms with Crippen LogP contribution in [0.2, 0.25) is 0 Å². The molecule has 2 atom stereocenters. The molecule has 0 saturated heterocycles. The van der Waals surface area contributed by atoms with E-state index in [1.54, 1.807) is 7.11 Å². The molecule has 1 aromatic carbocycles. The highest BCUT2D eigenvalue weighted by atomic mass is 16.5. The third kappa shape index (κ3) is 3.16. The fourth-order valence-electron chi connectivity index (χ4n) is 2.57. The zero-order valence-corrected chi connectivity index (χ0v) is 11.2. The van der Waals surface area contributed by atoms with Gasteiger partial charge in [-0.15, -0.1) is 0 Å². The Morgan fingerprint density at radius 1 is 1.28 bits per heavy atom. The Kier molecular flexibility index (Phi) is 4.48. The number of hydrogen-bond donors (Lipinski definition) is 1. The van der Waals surface area contributed by atoms with E-state index in [-0.39, 0.29) is 6.10 Å². The first-order valence-electron chi connectivity index (χ1n) is 6.66. The van der Waals surface area contributed by atoms with Crippen molar-refractivity contribution >= 4 is 0 Å². The quantitative estimate of drug-likeness (QED) is 0.873. The first-order valence-corrected chi connectivity index (χ1v) is 6.66. The van der Waals surface area contributed by atoms with E-state index in [1.807, 2.05) is 25.1 Å². The van der Waals surface area contributed by atoms with Crippen molar-refractivity contribution in [2.75, 3.05) is 13.7 Å². The van der Waals surface area contributed by atoms with Crippen molar-refractivity contribution in [3.8, 4) is 11.5 Å². The second-order valence-corrected chi connectivity index (χ2v) is 5.05. The van der Waals surface area contributed by atoms with Crippen LogP contribution < -0.4 is 9.47 Å². The van der Waals surface area contributed by atoms with E-state index in [0.717, 1.165) is 42.7 Å². The number of hydrogen-bond acceptors (Lipinski definition) is 3. The van der Waals surface area contributed by atoms with Crippen molar-refractivity contribution in [1.29, 1.82) is 0 Å². The van der Waals surface area contributed by atoms with Crippen LogP contribution in [0.3, 0.4) is 0 Å². The molecule has 0 spiro atoms. The standard InChI is InChI=1S/C15H22O3/c1-11-6-7-14(15(10-11)17-2)18-9-8-12-4-3-5-13(12)16/h6-7,10,12-13,16H,3-5,8-9H2,1-2H3. The maximum atomic E-state index is 9.74. The molecule has 100 valence electrons. The van der Waals surface area contributed by atoms with Crippen molar-refractivity contribution in [3.05, 3.63) is 23.8 Å². The average Bonchev–Trinajstić information content (AvgIpc) is 2.77. The molecular formula is C15H22O3. The number of aliphatic hydroxyl groups is 1. The summed E-state index contributed by atoms with van der Waals surface area (Å²) in [6, 6.07) is 5.93. The van der Waals surface area contributed by atoms with Crippen LogP contribution in [0.5, 0.6) is 11.5 Å². The van der Waals surface area contributed by atoms with Crippen LogP contribution in [0, 0.1) is 12.8 Å². The largest absolute Gasteiger partial charge is 0.493 e. The predicted molar refractivity (Wildman–Crippen MR) is 71.2 cm³/mol. The smallest absolute Gasteiger partial charge is 0.161 e. The number of benzene rings is 1. The van der Waals surface area contributed by atoms with E-state index < -0.39 is 0 Å². The zero-order chi connectivity index (χ0) is 13.0. The fraction of sp³-hybridized carbons (Fsp3) is 0.600. The van der Waals surface area contributed by atoms with Crippen molar-refractivity contribution in [3.63, 3.8) is 0 Å². The summed E-state index contributed by atoms with van der Waals surface area (Å²) < 4.78 is 11.1. The molecule has 1 saturated carbocycles. The lowest BCUT2D eigenvalue weighted by Gasteiger charge is -2.16. The van der Waals surface area contributed by atoms with Gasteiger partial charge in [0.25, 0.3) is 0 Å². The molecule has 0 radical (unpaired) electrons. The highest BCUT2D eigenvalue weighted by Gasteiger charge is 2.24. The highest BCUT2D eigenvalue weighted by molar-refractivity contribution is 5.42. The van der Waals surface area contributed by atoms with Crippen molar-refractivity contribution in [1.82, 2.24) is 0 Å². The molecule has 1 aromatic rings. The summed E-state index contributed by atoms with van der Waals surface area (Å²) in [7, 11) is 1.66. The van der Waals surface area contributed by atoms with E-state index in [4.69, 9.17) is 9.47 Å². The van der Waals surface area contributed by atoms with Crippen LogP contribution in [0.1, 0.15) is 31.2 Å². The molecule has 0 bridgehead atoms. The second-order valence-electron chi connectivity index (χ2n) is 5.05. The van der Waals surface area contributed by atoms with Crippen LogP contribution in [0.15, 0.2) is 18.2 Å². The maximum Gasteiger partial charge on any atom is 0.161 e. The lowest BCUT2D eigenvalue weighted by Crippen LogP contribution is -2.16. The van der Waals surface area contributed by atoms with Gasteiger partial charge < -0.3 is 14.6 Å². The normalized spacial score (nSPS) is 23.1. The van der Waals surface area contributed by atoms with Gasteiger partial charge in [0.15, 0.2) is 11.5 Å². The number of aryl methyl sites for hydroxylation is 1. The molecule has 3 nitrogen and oxygen atoms in total. The summed E-state index contributed by atoms with van der Waals surface area (Å²) in [6.45, 7) is 2.67. The molecule has 1 aliphatic rings. The minimum Gasteiger partial charge on any atom is -0.493 e. The van der Waals surface area contributed by atoms with Gasteiger partial charge in [0, 0.05) is 0 Å². The summed E-state index contributed by atoms with van der Waals surface area (Å²) in [4.78, 5) is 0. The molecule has 2 rings (SSSR count). The maximum absolute atomic E-state index is 9.74. The molecule has 0 heterocycles. The number of rotatable bonds is 5. The summed E-state index contributed by atoms with van der Waals surface area (Å²) in [5, 5.41) is 9.74. The monoisotopic (exact) mass is 250 g/mol. The lowest BCUT2D eigenvalue weighted by atomic mass is 10.0. The third-order valence-corrected chi connectivity index (χ3v) is 3.68. The summed E-state index contributed by atoms with van der Waals surface area (Å²) in [5.74, 6) is 1.97. The van der Waals surface area contributed by atoms with Crippen molar-refractivity contribution in [2.45, 2.75) is 38.7 Å². The van der Waals surface area contributed by atoms with Crippen LogP contribution in [-0.2, 0) is 0 Å². The fourth-order valence-corrected chi connectivity index (χ4v) is 2.57. The minimum absolute atomic E-state index is 0.131. The summed E-state index contributed by atoms with van der Waals surface area (Å²) in [6.07, 6.45) is 3.99. The lowest BCUT2D eigenvalue weighted by molar-refractivity contribution is 0.116. The molecule has 0 aromatic heterocycles. The Morgan fingerprint density at radius 2 is 2.11 bits per heavy atom. The number of ether oxygens (including phenoxy) is 2. The van der Waals surface area contributed by atoms with Crippen LogP contribution in [0.4, 0.5) is 0 Å². The SMILES string of the molecule is COc1cc(C)ccc1OCCC1CCCC1O. The molecule has 0 amide bonds. The van der Waals surface area contributed by atoms with Gasteiger partial charge in [-0.05, 0) is 49.8 Å². The third-order valence-electron chi connectivity index (χ3n) is 3.68. The van der Waals surface area contributed by atoms with Gasteiger partial charge >= 0.3 is 0 Å². The van der Waals surface area contributed by atoms with E-state index in [2.05, 4.69) is 0 Å². The van der Waals surface area contributed by atoms with Gasteiger partial charge in [0.2, 0.25) is 0 Å². The number of methoxy groups -OCH3 is 1. The Balaban J connectivity index is 1.86. The predicted octanol–water partition coefficient (Wildman–Crippen LogP) is 2.93. The molecule has 1 aliphatic carbocycles. The summed E-state index contributed by atoms with van der Waals surface area (Å²) >= 11 is 0. The molecular weight excluding hydrogens is 228 g/mol. The van der Waals surface area contributed by atoms with Gasteiger partial charge in [-0.3, -0.25) is 0 Å². The van der Waals surface area contributed by atoms with E-state index in [1.165, 1.54) is 0 Å². The van der Waals surface area contributed by atoms with Gasteiger partial charge in [0.05, 0.1) is 19.8 Å². The molecule has 1 fully saturated rings.